The van der Waals surface area contributed by atoms with Crippen molar-refractivity contribution >= 4 is 29.3 Å². The molecule has 1 aromatic heterocycles. The molecule has 0 aliphatic carbocycles. The van der Waals surface area contributed by atoms with Crippen LogP contribution in [0, 0.1) is 0 Å². The number of thioether (sulfide) groups is 1. The Balaban J connectivity index is 1.83. The fourth-order valence-electron chi connectivity index (χ4n) is 1.60. The summed E-state index contributed by atoms with van der Waals surface area (Å²) in [7, 11) is 0. The van der Waals surface area contributed by atoms with E-state index < -0.39 is 0 Å². The highest BCUT2D eigenvalue weighted by Crippen LogP contribution is 2.28. The van der Waals surface area contributed by atoms with Gasteiger partial charge in [-0.2, -0.15) is 0 Å². The highest BCUT2D eigenvalue weighted by Gasteiger charge is 2.13. The minimum absolute atomic E-state index is 0.109. The Morgan fingerprint density at radius 2 is 2.23 bits per heavy atom. The van der Waals surface area contributed by atoms with Crippen molar-refractivity contribution in [3.05, 3.63) is 29.3 Å². The molecule has 2 aromatic rings. The number of amides is 1. The lowest BCUT2D eigenvalue weighted by molar-refractivity contribution is -0.118. The highest BCUT2D eigenvalue weighted by atomic mass is 35.5. The molecular formula is C14H16ClN3O3S. The van der Waals surface area contributed by atoms with Crippen molar-refractivity contribution in [1.82, 2.24) is 15.5 Å². The maximum atomic E-state index is 11.6. The quantitative estimate of drug-likeness (QED) is 0.587. The van der Waals surface area contributed by atoms with Crippen molar-refractivity contribution in [3.63, 3.8) is 0 Å². The number of carbonyl (C=O) groups is 1. The van der Waals surface area contributed by atoms with E-state index in [0.717, 1.165) is 0 Å². The molecular weight excluding hydrogens is 326 g/mol. The van der Waals surface area contributed by atoms with Gasteiger partial charge in [-0.3, -0.25) is 4.79 Å². The number of ether oxygens (including phenoxy) is 1. The first kappa shape index (κ1) is 16.8. The number of hydrogen-bond acceptors (Lipinski definition) is 6. The molecule has 8 heteroatoms. The summed E-state index contributed by atoms with van der Waals surface area (Å²) in [6.07, 6.45) is 0. The summed E-state index contributed by atoms with van der Waals surface area (Å²) in [5.41, 5.74) is 0.671. The average molecular weight is 342 g/mol. The first-order valence-corrected chi connectivity index (χ1v) is 8.12. The molecule has 0 bridgehead atoms. The van der Waals surface area contributed by atoms with Crippen molar-refractivity contribution in [3.8, 4) is 11.5 Å². The van der Waals surface area contributed by atoms with E-state index in [2.05, 4.69) is 15.5 Å². The maximum Gasteiger partial charge on any atom is 0.277 e. The summed E-state index contributed by atoms with van der Waals surface area (Å²) in [5, 5.41) is 11.4. The van der Waals surface area contributed by atoms with E-state index in [1.807, 2.05) is 19.1 Å². The summed E-state index contributed by atoms with van der Waals surface area (Å²) >= 11 is 7.25. The van der Waals surface area contributed by atoms with Crippen LogP contribution in [0.3, 0.4) is 0 Å². The molecule has 0 atom stereocenters. The van der Waals surface area contributed by atoms with Gasteiger partial charge in [-0.15, -0.1) is 10.2 Å². The predicted octanol–water partition coefficient (Wildman–Crippen LogP) is 2.63. The zero-order valence-electron chi connectivity index (χ0n) is 12.0. The molecule has 0 fully saturated rings. The van der Waals surface area contributed by atoms with Crippen LogP contribution < -0.4 is 5.32 Å². The van der Waals surface area contributed by atoms with Gasteiger partial charge in [0.2, 0.25) is 11.8 Å². The van der Waals surface area contributed by atoms with Crippen LogP contribution >= 0.6 is 23.4 Å². The molecule has 1 aromatic carbocycles. The van der Waals surface area contributed by atoms with Gasteiger partial charge in [-0.05, 0) is 19.1 Å². The Hall–Kier alpha value is -1.57. The fourth-order valence-corrected chi connectivity index (χ4v) is 2.41. The zero-order valence-corrected chi connectivity index (χ0v) is 13.6. The van der Waals surface area contributed by atoms with Crippen LogP contribution in [0.2, 0.25) is 5.02 Å². The summed E-state index contributed by atoms with van der Waals surface area (Å²) in [5.74, 6) is 0.433. The Labute approximate surface area is 137 Å². The van der Waals surface area contributed by atoms with E-state index in [1.54, 1.807) is 12.1 Å². The van der Waals surface area contributed by atoms with Crippen molar-refractivity contribution < 1.29 is 13.9 Å². The van der Waals surface area contributed by atoms with Crippen LogP contribution in [0.4, 0.5) is 0 Å². The number of nitrogens with zero attached hydrogens (tertiary/aromatic N) is 2. The van der Waals surface area contributed by atoms with Gasteiger partial charge in [0, 0.05) is 13.2 Å². The Morgan fingerprint density at radius 3 is 3.00 bits per heavy atom. The second kappa shape index (κ2) is 8.77. The van der Waals surface area contributed by atoms with Crippen molar-refractivity contribution in [2.75, 3.05) is 25.5 Å². The van der Waals surface area contributed by atoms with Crippen molar-refractivity contribution in [2.24, 2.45) is 0 Å². The normalized spacial score (nSPS) is 10.6. The highest BCUT2D eigenvalue weighted by molar-refractivity contribution is 7.99. The van der Waals surface area contributed by atoms with Crippen LogP contribution in [0.1, 0.15) is 6.92 Å². The number of aromatic nitrogens is 2. The van der Waals surface area contributed by atoms with Gasteiger partial charge >= 0.3 is 0 Å². The Bertz CT molecular complexity index is 621. The number of benzene rings is 1. The number of halogens is 1. The largest absolute Gasteiger partial charge is 0.411 e. The fraction of sp³-hybridized carbons (Fsp3) is 0.357. The SMILES string of the molecule is CCOCCNC(=O)CSc1nnc(-c2ccccc2Cl)o1. The Morgan fingerprint density at radius 1 is 1.41 bits per heavy atom. The topological polar surface area (TPSA) is 77.2 Å². The van der Waals surface area contributed by atoms with Gasteiger partial charge in [0.25, 0.3) is 5.22 Å². The van der Waals surface area contributed by atoms with Crippen molar-refractivity contribution in [2.45, 2.75) is 12.1 Å². The van der Waals surface area contributed by atoms with E-state index in [9.17, 15) is 4.79 Å². The molecule has 2 rings (SSSR count). The van der Waals surface area contributed by atoms with Crippen LogP contribution in [-0.4, -0.2) is 41.6 Å². The van der Waals surface area contributed by atoms with E-state index in [1.165, 1.54) is 11.8 Å². The third-order valence-electron chi connectivity index (χ3n) is 2.61. The lowest BCUT2D eigenvalue weighted by atomic mass is 10.2. The maximum absolute atomic E-state index is 11.6. The molecule has 6 nitrogen and oxygen atoms in total. The minimum Gasteiger partial charge on any atom is -0.411 e. The number of nitrogens with one attached hydrogen (secondary N) is 1. The molecule has 0 unspecified atom stereocenters. The van der Waals surface area contributed by atoms with Gasteiger partial charge < -0.3 is 14.5 Å². The van der Waals surface area contributed by atoms with Crippen LogP contribution in [0.15, 0.2) is 33.9 Å². The molecule has 0 spiro atoms. The monoisotopic (exact) mass is 341 g/mol. The molecule has 1 N–H and O–H groups in total. The first-order valence-electron chi connectivity index (χ1n) is 6.76. The van der Waals surface area contributed by atoms with Gasteiger partial charge in [0.1, 0.15) is 0 Å². The lowest BCUT2D eigenvalue weighted by Gasteiger charge is -2.03. The van der Waals surface area contributed by atoms with Crippen LogP contribution in [0.5, 0.6) is 0 Å². The molecule has 0 saturated heterocycles. The van der Waals surface area contributed by atoms with Gasteiger partial charge in [-0.1, -0.05) is 35.5 Å². The molecule has 0 saturated carbocycles. The van der Waals surface area contributed by atoms with Crippen LogP contribution in [-0.2, 0) is 9.53 Å². The number of rotatable bonds is 8. The van der Waals surface area contributed by atoms with E-state index in [4.69, 9.17) is 20.8 Å². The molecule has 0 radical (unpaired) electrons. The third kappa shape index (κ3) is 5.01. The summed E-state index contributed by atoms with van der Waals surface area (Å²) in [6, 6.07) is 7.21. The van der Waals surface area contributed by atoms with E-state index in [-0.39, 0.29) is 11.7 Å². The van der Waals surface area contributed by atoms with E-state index >= 15 is 0 Å². The van der Waals surface area contributed by atoms with E-state index in [0.29, 0.717) is 41.5 Å². The number of hydrogen-bond donors (Lipinski definition) is 1. The second-order valence-electron chi connectivity index (χ2n) is 4.19. The lowest BCUT2D eigenvalue weighted by Crippen LogP contribution is -2.28. The minimum atomic E-state index is -0.109. The second-order valence-corrected chi connectivity index (χ2v) is 5.52. The first-order chi connectivity index (χ1) is 10.7. The molecule has 22 heavy (non-hydrogen) atoms. The van der Waals surface area contributed by atoms with Crippen LogP contribution in [0.25, 0.3) is 11.5 Å². The standard InChI is InChI=1S/C14H16ClN3O3S/c1-2-20-8-7-16-12(19)9-22-14-18-17-13(21-14)10-5-3-4-6-11(10)15/h3-6H,2,7-9H2,1H3,(H,16,19). The Kier molecular flexibility index (Phi) is 6.70. The number of carbonyl (C=O) groups excluding carboxylic acids is 1. The summed E-state index contributed by atoms with van der Waals surface area (Å²) < 4.78 is 10.6. The average Bonchev–Trinajstić information content (AvgIpc) is 2.99. The molecule has 118 valence electrons. The van der Waals surface area contributed by atoms with Gasteiger partial charge in [0.15, 0.2) is 0 Å². The molecule has 0 aliphatic heterocycles. The van der Waals surface area contributed by atoms with Crippen molar-refractivity contribution in [1.29, 1.82) is 0 Å². The smallest absolute Gasteiger partial charge is 0.277 e. The third-order valence-corrected chi connectivity index (χ3v) is 3.76. The predicted molar refractivity (Wildman–Crippen MR) is 85.0 cm³/mol. The summed E-state index contributed by atoms with van der Waals surface area (Å²) in [4.78, 5) is 11.6. The molecule has 0 aliphatic rings. The zero-order chi connectivity index (χ0) is 15.8. The van der Waals surface area contributed by atoms with Gasteiger partial charge in [0.05, 0.1) is 22.9 Å². The molecule has 1 heterocycles. The summed E-state index contributed by atoms with van der Waals surface area (Å²) in [6.45, 7) is 3.54. The van der Waals surface area contributed by atoms with Gasteiger partial charge in [-0.25, -0.2) is 0 Å². The molecule has 1 amide bonds.